The first kappa shape index (κ1) is 22.3. The molecule has 0 aliphatic rings. The number of benzene rings is 2. The third-order valence-electron chi connectivity index (χ3n) is 3.10. The second kappa shape index (κ2) is 12.7. The third kappa shape index (κ3) is 7.18. The van der Waals surface area contributed by atoms with Gasteiger partial charge >= 0.3 is 36.0 Å². The van der Waals surface area contributed by atoms with Gasteiger partial charge in [0.2, 0.25) is 0 Å². The minimum absolute atomic E-state index is 0. The zero-order valence-corrected chi connectivity index (χ0v) is 18.0. The van der Waals surface area contributed by atoms with Crippen molar-refractivity contribution >= 4 is 27.7 Å². The minimum atomic E-state index is 0. The van der Waals surface area contributed by atoms with Crippen molar-refractivity contribution < 1.29 is 48.1 Å². The first-order valence-corrected chi connectivity index (χ1v) is 13.0. The van der Waals surface area contributed by atoms with Crippen LogP contribution >= 0.6 is 0 Å². The Bertz CT molecular complexity index is 678. The molecule has 0 fully saturated rings. The van der Waals surface area contributed by atoms with Gasteiger partial charge in [0.1, 0.15) is 0 Å². The summed E-state index contributed by atoms with van der Waals surface area (Å²) in [7, 11) is 0. The van der Waals surface area contributed by atoms with E-state index >= 15 is 0 Å². The fourth-order valence-electron chi connectivity index (χ4n) is 2.14. The summed E-state index contributed by atoms with van der Waals surface area (Å²) < 4.78 is 0. The van der Waals surface area contributed by atoms with E-state index in [1.54, 1.807) is 23.3 Å². The number of fused-ring (bicyclic) bond motifs is 2. The average molecular weight is 437 g/mol. The van der Waals surface area contributed by atoms with Gasteiger partial charge in [-0.3, -0.25) is 0 Å². The topological polar surface area (TPSA) is 0 Å². The van der Waals surface area contributed by atoms with Crippen molar-refractivity contribution in [2.24, 2.45) is 0 Å². The molecule has 0 radical (unpaired) electrons. The van der Waals surface area contributed by atoms with Crippen molar-refractivity contribution in [3.63, 3.8) is 0 Å². The molecule has 118 valence electrons. The maximum atomic E-state index is 2.25. The van der Waals surface area contributed by atoms with Crippen LogP contribution in [0.1, 0.15) is 0 Å². The van der Waals surface area contributed by atoms with Crippen LogP contribution in [0.3, 0.4) is 0 Å². The average Bonchev–Trinajstić information content (AvgIpc) is 3.17. The summed E-state index contributed by atoms with van der Waals surface area (Å²) in [5.74, 6) is 0. The zero-order valence-electron chi connectivity index (χ0n) is 12.9. The molecule has 0 saturated carbocycles. The summed E-state index contributed by atoms with van der Waals surface area (Å²) in [4.78, 5) is 0. The first-order valence-electron chi connectivity index (χ1n) is 7.01. The quantitative estimate of drug-likeness (QED) is 0.247. The molecule has 0 saturated heterocycles. The summed E-state index contributed by atoms with van der Waals surface area (Å²) in [6.07, 6.45) is 0.840. The molecule has 4 heteroatoms. The molecule has 0 atom stereocenters. The molecule has 0 N–H and O–H groups in total. The second-order valence-electron chi connectivity index (χ2n) is 4.60. The standard InChI is InChI=1S/2C9H7.CH4Si.2ClH.Zr/c2*1-2-5-9-7-3-6-8(9)4-1;1-2;;;/h2*1-7H;2H,1H3;2*1H;/q2*-1;;;;+2/p-2. The predicted molar refractivity (Wildman–Crippen MR) is 92.1 cm³/mol. The van der Waals surface area contributed by atoms with Gasteiger partial charge in [-0.1, -0.05) is 12.1 Å². The number of hydrogen-bond donors (Lipinski definition) is 0. The van der Waals surface area contributed by atoms with Crippen LogP contribution in [0, 0.1) is 0 Å². The molecule has 23 heavy (non-hydrogen) atoms. The van der Waals surface area contributed by atoms with Crippen LogP contribution in [0.15, 0.2) is 84.9 Å². The van der Waals surface area contributed by atoms with E-state index in [1.807, 2.05) is 0 Å². The Morgan fingerprint density at radius 3 is 1.39 bits per heavy atom. The maximum Gasteiger partial charge on any atom is -0.0809 e. The van der Waals surface area contributed by atoms with E-state index in [0.29, 0.717) is 0 Å². The van der Waals surface area contributed by atoms with Gasteiger partial charge < -0.3 is 24.8 Å². The maximum absolute atomic E-state index is 2.25. The van der Waals surface area contributed by atoms with Crippen LogP contribution < -0.4 is 24.8 Å². The summed E-state index contributed by atoms with van der Waals surface area (Å²) in [6.45, 7) is 2.25. The Labute approximate surface area is 166 Å². The fourth-order valence-corrected chi connectivity index (χ4v) is 2.14. The number of rotatable bonds is 0. The van der Waals surface area contributed by atoms with Crippen LogP contribution in [0.4, 0.5) is 0 Å². The largest absolute Gasteiger partial charge is 1.00 e. The van der Waals surface area contributed by atoms with Gasteiger partial charge in [0, 0.05) is 0 Å². The van der Waals surface area contributed by atoms with E-state index in [2.05, 4.69) is 91.5 Å². The smallest absolute Gasteiger partial charge is 0.0809 e. The SMILES string of the molecule is C[SiH]=[Zr+2].[Cl-].[Cl-].c1ccc2[cH-]ccc2c1.c1ccc2[cH-]ccc2c1. The van der Waals surface area contributed by atoms with Gasteiger partial charge in [-0.05, 0) is 0 Å². The Morgan fingerprint density at radius 2 is 1.04 bits per heavy atom. The van der Waals surface area contributed by atoms with Crippen LogP contribution in [0.25, 0.3) is 21.5 Å². The van der Waals surface area contributed by atoms with Crippen molar-refractivity contribution in [1.82, 2.24) is 0 Å². The van der Waals surface area contributed by atoms with Crippen LogP contribution in [0.2, 0.25) is 6.55 Å². The van der Waals surface area contributed by atoms with Gasteiger partial charge in [0.15, 0.2) is 0 Å². The molecule has 4 aromatic carbocycles. The number of halogens is 2. The summed E-state index contributed by atoms with van der Waals surface area (Å²) >= 11 is 1.72. The molecule has 0 heterocycles. The van der Waals surface area contributed by atoms with Gasteiger partial charge in [-0.15, -0.1) is 59.3 Å². The normalized spacial score (nSPS) is 8.65. The predicted octanol–water partition coefficient (Wildman–Crippen LogP) is -0.942. The molecular formula is C19H18Cl2SiZr-2. The molecule has 0 amide bonds. The van der Waals surface area contributed by atoms with Crippen molar-refractivity contribution in [1.29, 1.82) is 0 Å². The molecule has 0 aliphatic heterocycles. The van der Waals surface area contributed by atoms with E-state index in [9.17, 15) is 0 Å². The summed E-state index contributed by atoms with van der Waals surface area (Å²) in [5, 5.41) is 5.32. The van der Waals surface area contributed by atoms with Crippen molar-refractivity contribution in [3.8, 4) is 0 Å². The van der Waals surface area contributed by atoms with E-state index in [-0.39, 0.29) is 24.8 Å². The molecule has 0 aliphatic carbocycles. The second-order valence-corrected chi connectivity index (χ2v) is 9.43. The van der Waals surface area contributed by atoms with E-state index < -0.39 is 0 Å². The molecule has 0 unspecified atom stereocenters. The van der Waals surface area contributed by atoms with Crippen LogP contribution in [0.5, 0.6) is 0 Å². The van der Waals surface area contributed by atoms with E-state index in [1.165, 1.54) is 21.5 Å². The Hall–Kier alpha value is -0.660. The van der Waals surface area contributed by atoms with Gasteiger partial charge in [-0.2, -0.15) is 35.0 Å². The van der Waals surface area contributed by atoms with Gasteiger partial charge in [0.25, 0.3) is 0 Å². The first-order chi connectivity index (χ1) is 10.3. The monoisotopic (exact) mass is 434 g/mol. The Kier molecular flexibility index (Phi) is 12.4. The van der Waals surface area contributed by atoms with Crippen molar-refractivity contribution in [2.45, 2.75) is 6.55 Å². The van der Waals surface area contributed by atoms with Crippen LogP contribution in [-0.2, 0) is 23.3 Å². The van der Waals surface area contributed by atoms with Gasteiger partial charge in [-0.25, -0.2) is 0 Å². The molecule has 4 aromatic rings. The Balaban J connectivity index is 0.000000336. The number of hydrogen-bond acceptors (Lipinski definition) is 0. The molecule has 0 aromatic heterocycles. The zero-order chi connectivity index (χ0) is 14.9. The Morgan fingerprint density at radius 1 is 0.696 bits per heavy atom. The van der Waals surface area contributed by atoms with E-state index in [4.69, 9.17) is 0 Å². The van der Waals surface area contributed by atoms with Gasteiger partial charge in [0.05, 0.1) is 0 Å². The molecular weight excluding hydrogens is 418 g/mol. The van der Waals surface area contributed by atoms with Crippen molar-refractivity contribution in [2.75, 3.05) is 0 Å². The third-order valence-corrected chi connectivity index (χ3v) is 3.10. The molecule has 0 nitrogen and oxygen atoms in total. The van der Waals surface area contributed by atoms with Crippen LogP contribution in [-0.4, -0.2) is 6.16 Å². The van der Waals surface area contributed by atoms with Crippen molar-refractivity contribution in [3.05, 3.63) is 84.9 Å². The molecule has 0 spiro atoms. The summed E-state index contributed by atoms with van der Waals surface area (Å²) in [5.41, 5.74) is 0. The molecule has 0 bridgehead atoms. The fraction of sp³-hybridized carbons (Fsp3) is 0.0526. The minimum Gasteiger partial charge on any atom is -1.00 e. The summed E-state index contributed by atoms with van der Waals surface area (Å²) in [6, 6.07) is 29.3. The molecule has 4 rings (SSSR count). The van der Waals surface area contributed by atoms with E-state index in [0.717, 1.165) is 6.16 Å².